The van der Waals surface area contributed by atoms with E-state index in [9.17, 15) is 14.7 Å². The Hall–Kier alpha value is -2.08. The van der Waals surface area contributed by atoms with E-state index in [1.165, 1.54) is 10.5 Å². The lowest BCUT2D eigenvalue weighted by atomic mass is 10.1. The van der Waals surface area contributed by atoms with Gasteiger partial charge in [0.15, 0.2) is 0 Å². The molecule has 0 radical (unpaired) electrons. The van der Waals surface area contributed by atoms with Crippen molar-refractivity contribution in [3.05, 3.63) is 35.9 Å². The molecule has 2 rings (SSSR count). The Balaban J connectivity index is 1.82. The van der Waals surface area contributed by atoms with Crippen LogP contribution >= 0.6 is 0 Å². The first-order valence-corrected chi connectivity index (χ1v) is 8.64. The molecule has 1 saturated heterocycles. The molecule has 0 bridgehead atoms. The molecule has 0 saturated carbocycles. The highest BCUT2D eigenvalue weighted by Crippen LogP contribution is 2.23. The van der Waals surface area contributed by atoms with Crippen molar-refractivity contribution in [2.75, 3.05) is 13.2 Å². The van der Waals surface area contributed by atoms with Crippen LogP contribution in [0.4, 0.5) is 4.79 Å². The van der Waals surface area contributed by atoms with Crippen LogP contribution in [-0.2, 0) is 20.7 Å². The lowest BCUT2D eigenvalue weighted by Crippen LogP contribution is -2.43. The summed E-state index contributed by atoms with van der Waals surface area (Å²) in [6.45, 7) is 6.06. The second-order valence-electron chi connectivity index (χ2n) is 7.30. The predicted molar refractivity (Wildman–Crippen MR) is 93.5 cm³/mol. The third-order valence-electron chi connectivity index (χ3n) is 3.98. The standard InChI is InChI=1S/C19H27NO5/c1-19(2,3)25-18(23)20-13-15(12-16(20)17(21)22)24-11-7-10-14-8-5-4-6-9-14/h4-6,8-9,15-16H,7,10-13H2,1-3H3,(H,21,22). The molecule has 1 N–H and O–H groups in total. The maximum absolute atomic E-state index is 12.2. The second kappa shape index (κ2) is 8.34. The number of aryl methyl sites for hydroxylation is 1. The molecule has 1 heterocycles. The van der Waals surface area contributed by atoms with Crippen molar-refractivity contribution >= 4 is 12.1 Å². The monoisotopic (exact) mass is 349 g/mol. The summed E-state index contributed by atoms with van der Waals surface area (Å²) in [5.74, 6) is -1.03. The normalized spacial score (nSPS) is 20.5. The number of aliphatic carboxylic acids is 1. The van der Waals surface area contributed by atoms with E-state index in [2.05, 4.69) is 12.1 Å². The van der Waals surface area contributed by atoms with Gasteiger partial charge in [-0.1, -0.05) is 30.3 Å². The number of rotatable bonds is 6. The fourth-order valence-electron chi connectivity index (χ4n) is 2.85. The van der Waals surface area contributed by atoms with Crippen molar-refractivity contribution in [2.45, 2.75) is 57.8 Å². The second-order valence-corrected chi connectivity index (χ2v) is 7.30. The average molecular weight is 349 g/mol. The number of carboxylic acid groups (broad SMARTS) is 1. The first-order valence-electron chi connectivity index (χ1n) is 8.64. The van der Waals surface area contributed by atoms with Gasteiger partial charge in [-0.25, -0.2) is 9.59 Å². The van der Waals surface area contributed by atoms with E-state index in [-0.39, 0.29) is 12.6 Å². The van der Waals surface area contributed by atoms with Crippen molar-refractivity contribution in [1.29, 1.82) is 0 Å². The molecule has 1 aliphatic heterocycles. The summed E-state index contributed by atoms with van der Waals surface area (Å²) in [4.78, 5) is 24.9. The Bertz CT molecular complexity index is 581. The fourth-order valence-corrected chi connectivity index (χ4v) is 2.85. The van der Waals surface area contributed by atoms with Crippen LogP contribution in [0.15, 0.2) is 30.3 Å². The average Bonchev–Trinajstić information content (AvgIpc) is 2.96. The minimum absolute atomic E-state index is 0.247. The van der Waals surface area contributed by atoms with Crippen LogP contribution in [0.1, 0.15) is 39.2 Å². The number of ether oxygens (including phenoxy) is 2. The highest BCUT2D eigenvalue weighted by Gasteiger charge is 2.42. The van der Waals surface area contributed by atoms with Crippen molar-refractivity contribution in [1.82, 2.24) is 4.90 Å². The molecule has 138 valence electrons. The molecule has 1 aromatic carbocycles. The first kappa shape index (κ1) is 19.2. The maximum Gasteiger partial charge on any atom is 0.411 e. The van der Waals surface area contributed by atoms with Gasteiger partial charge in [-0.15, -0.1) is 0 Å². The van der Waals surface area contributed by atoms with Crippen LogP contribution in [0.5, 0.6) is 0 Å². The Morgan fingerprint density at radius 2 is 1.92 bits per heavy atom. The van der Waals surface area contributed by atoms with Crippen LogP contribution in [0.3, 0.4) is 0 Å². The molecule has 1 fully saturated rings. The third-order valence-corrected chi connectivity index (χ3v) is 3.98. The Morgan fingerprint density at radius 1 is 1.24 bits per heavy atom. The highest BCUT2D eigenvalue weighted by molar-refractivity contribution is 5.81. The fraction of sp³-hybridized carbons (Fsp3) is 0.579. The predicted octanol–water partition coefficient (Wildman–Crippen LogP) is 3.10. The van der Waals surface area contributed by atoms with E-state index in [0.29, 0.717) is 13.0 Å². The Morgan fingerprint density at radius 3 is 2.52 bits per heavy atom. The van der Waals surface area contributed by atoms with Gasteiger partial charge in [0.05, 0.1) is 12.6 Å². The van der Waals surface area contributed by atoms with Gasteiger partial charge >= 0.3 is 12.1 Å². The molecule has 25 heavy (non-hydrogen) atoms. The minimum Gasteiger partial charge on any atom is -0.480 e. The largest absolute Gasteiger partial charge is 0.480 e. The maximum atomic E-state index is 12.2. The van der Waals surface area contributed by atoms with Crippen LogP contribution in [0.25, 0.3) is 0 Å². The quantitative estimate of drug-likeness (QED) is 0.799. The number of carbonyl (C=O) groups excluding carboxylic acids is 1. The lowest BCUT2D eigenvalue weighted by molar-refractivity contribution is -0.142. The van der Waals surface area contributed by atoms with E-state index in [4.69, 9.17) is 9.47 Å². The zero-order chi connectivity index (χ0) is 18.4. The number of nitrogens with zero attached hydrogens (tertiary/aromatic N) is 1. The third kappa shape index (κ3) is 6.05. The van der Waals surface area contributed by atoms with E-state index in [0.717, 1.165) is 12.8 Å². The zero-order valence-electron chi connectivity index (χ0n) is 15.1. The molecule has 1 amide bonds. The number of likely N-dealkylation sites (tertiary alicyclic amines) is 1. The minimum atomic E-state index is -1.03. The van der Waals surface area contributed by atoms with Gasteiger partial charge in [0.25, 0.3) is 0 Å². The van der Waals surface area contributed by atoms with E-state index in [1.807, 2.05) is 18.2 Å². The van der Waals surface area contributed by atoms with Gasteiger partial charge in [0, 0.05) is 13.0 Å². The zero-order valence-corrected chi connectivity index (χ0v) is 15.1. The van der Waals surface area contributed by atoms with Crippen LogP contribution in [0, 0.1) is 0 Å². The molecule has 0 spiro atoms. The van der Waals surface area contributed by atoms with Crippen molar-refractivity contribution < 1.29 is 24.2 Å². The summed E-state index contributed by atoms with van der Waals surface area (Å²) in [7, 11) is 0. The molecule has 6 nitrogen and oxygen atoms in total. The van der Waals surface area contributed by atoms with Crippen LogP contribution < -0.4 is 0 Å². The van der Waals surface area contributed by atoms with Crippen LogP contribution in [0.2, 0.25) is 0 Å². The van der Waals surface area contributed by atoms with Crippen LogP contribution in [-0.4, -0.2) is 53.0 Å². The molecule has 0 aromatic heterocycles. The molecule has 2 unspecified atom stereocenters. The van der Waals surface area contributed by atoms with Crippen molar-refractivity contribution in [3.63, 3.8) is 0 Å². The summed E-state index contributed by atoms with van der Waals surface area (Å²) in [6.07, 6.45) is 1.18. The topological polar surface area (TPSA) is 76.1 Å². The lowest BCUT2D eigenvalue weighted by Gasteiger charge is -2.26. The number of amides is 1. The first-order chi connectivity index (χ1) is 11.8. The molecule has 1 aromatic rings. The van der Waals surface area contributed by atoms with Gasteiger partial charge in [-0.2, -0.15) is 0 Å². The van der Waals surface area contributed by atoms with Gasteiger partial charge in [-0.3, -0.25) is 4.90 Å². The van der Waals surface area contributed by atoms with E-state index < -0.39 is 23.7 Å². The molecule has 0 aliphatic carbocycles. The highest BCUT2D eigenvalue weighted by atomic mass is 16.6. The molecular formula is C19H27NO5. The Kier molecular flexibility index (Phi) is 6.42. The van der Waals surface area contributed by atoms with Gasteiger partial charge in [-0.05, 0) is 39.2 Å². The summed E-state index contributed by atoms with van der Waals surface area (Å²) < 4.78 is 11.1. The van der Waals surface area contributed by atoms with E-state index in [1.54, 1.807) is 20.8 Å². The van der Waals surface area contributed by atoms with Gasteiger partial charge in [0.1, 0.15) is 11.6 Å². The SMILES string of the molecule is CC(C)(C)OC(=O)N1CC(OCCCc2ccccc2)CC1C(=O)O. The molecule has 1 aliphatic rings. The van der Waals surface area contributed by atoms with Gasteiger partial charge < -0.3 is 14.6 Å². The molecule has 2 atom stereocenters. The summed E-state index contributed by atoms with van der Waals surface area (Å²) in [5, 5.41) is 9.36. The number of hydrogen-bond donors (Lipinski definition) is 1. The smallest absolute Gasteiger partial charge is 0.411 e. The summed E-state index contributed by atoms with van der Waals surface area (Å²) in [5.41, 5.74) is 0.589. The number of benzene rings is 1. The number of carboxylic acids is 1. The van der Waals surface area contributed by atoms with E-state index >= 15 is 0 Å². The number of carbonyl (C=O) groups is 2. The Labute approximate surface area is 148 Å². The number of hydrogen-bond acceptors (Lipinski definition) is 4. The summed E-state index contributed by atoms with van der Waals surface area (Å²) in [6, 6.07) is 9.23. The van der Waals surface area contributed by atoms with Gasteiger partial charge in [0.2, 0.25) is 0 Å². The molecular weight excluding hydrogens is 322 g/mol. The van der Waals surface area contributed by atoms with Crippen molar-refractivity contribution in [3.8, 4) is 0 Å². The summed E-state index contributed by atoms with van der Waals surface area (Å²) >= 11 is 0. The van der Waals surface area contributed by atoms with Crippen molar-refractivity contribution in [2.24, 2.45) is 0 Å². The molecule has 6 heteroatoms.